The first-order valence-corrected chi connectivity index (χ1v) is 10.3. The topological polar surface area (TPSA) is 15.7 Å². The van der Waals surface area contributed by atoms with Gasteiger partial charge >= 0.3 is 0 Å². The first-order chi connectivity index (χ1) is 12.2. The second-order valence-electron chi connectivity index (χ2n) is 6.98. The molecule has 0 bridgehead atoms. The third-order valence-corrected chi connectivity index (χ3v) is 4.71. The van der Waals surface area contributed by atoms with Crippen LogP contribution in [0.1, 0.15) is 64.5 Å². The molecule has 1 saturated heterocycles. The number of ether oxygens (including phenoxy) is 1. The summed E-state index contributed by atoms with van der Waals surface area (Å²) in [5, 5.41) is 0. The molecule has 0 aliphatic carbocycles. The molecule has 1 aliphatic heterocycles. The van der Waals surface area contributed by atoms with E-state index in [1.165, 1.54) is 50.1 Å². The summed E-state index contributed by atoms with van der Waals surface area (Å²) in [4.78, 5) is 5.10. The van der Waals surface area contributed by atoms with Crippen molar-refractivity contribution in [3.05, 3.63) is 35.4 Å². The van der Waals surface area contributed by atoms with Crippen molar-refractivity contribution >= 4 is 0 Å². The lowest BCUT2D eigenvalue weighted by Crippen LogP contribution is -2.46. The molecule has 0 amide bonds. The smallest absolute Gasteiger partial charge is 0.0593 e. The molecule has 2 rings (SSSR count). The van der Waals surface area contributed by atoms with E-state index in [0.29, 0.717) is 5.92 Å². The van der Waals surface area contributed by atoms with Crippen LogP contribution in [0, 0.1) is 0 Å². The van der Waals surface area contributed by atoms with E-state index < -0.39 is 0 Å². The van der Waals surface area contributed by atoms with Crippen molar-refractivity contribution in [2.24, 2.45) is 0 Å². The van der Waals surface area contributed by atoms with Gasteiger partial charge in [0.15, 0.2) is 0 Å². The van der Waals surface area contributed by atoms with Crippen LogP contribution in [0.25, 0.3) is 0 Å². The highest BCUT2D eigenvalue weighted by molar-refractivity contribution is 5.24. The van der Waals surface area contributed by atoms with E-state index in [4.69, 9.17) is 4.74 Å². The summed E-state index contributed by atoms with van der Waals surface area (Å²) in [5.41, 5.74) is 2.87. The first kappa shape index (κ1) is 22.1. The van der Waals surface area contributed by atoms with Crippen molar-refractivity contribution in [2.45, 2.75) is 59.9 Å². The minimum Gasteiger partial charge on any atom is -0.380 e. The Morgan fingerprint density at radius 2 is 1.52 bits per heavy atom. The van der Waals surface area contributed by atoms with Gasteiger partial charge in [-0.05, 0) is 23.5 Å². The zero-order valence-corrected chi connectivity index (χ0v) is 17.3. The van der Waals surface area contributed by atoms with Crippen LogP contribution in [0.2, 0.25) is 0 Å². The van der Waals surface area contributed by atoms with E-state index in [9.17, 15) is 0 Å². The second-order valence-corrected chi connectivity index (χ2v) is 6.98. The normalized spacial score (nSPS) is 15.9. The fourth-order valence-corrected chi connectivity index (χ4v) is 2.98. The zero-order valence-electron chi connectivity index (χ0n) is 17.3. The van der Waals surface area contributed by atoms with Crippen LogP contribution < -0.4 is 0 Å². The Morgan fingerprint density at radius 1 is 0.920 bits per heavy atom. The molecule has 0 unspecified atom stereocenters. The summed E-state index contributed by atoms with van der Waals surface area (Å²) in [6.07, 6.45) is 2.40. The molecule has 3 heteroatoms. The molecule has 25 heavy (non-hydrogen) atoms. The van der Waals surface area contributed by atoms with Crippen LogP contribution in [0.3, 0.4) is 0 Å². The molecule has 0 atom stereocenters. The average Bonchev–Trinajstić information content (AvgIpc) is 2.65. The van der Waals surface area contributed by atoms with Gasteiger partial charge in [0.1, 0.15) is 0 Å². The number of hydrogen-bond acceptors (Lipinski definition) is 3. The molecular formula is C22H40N2O. The van der Waals surface area contributed by atoms with E-state index in [0.717, 1.165) is 26.3 Å². The molecule has 0 saturated carbocycles. The third kappa shape index (κ3) is 8.84. The molecule has 144 valence electrons. The second kappa shape index (κ2) is 13.3. The maximum absolute atomic E-state index is 5.67. The van der Waals surface area contributed by atoms with Crippen molar-refractivity contribution in [3.63, 3.8) is 0 Å². The van der Waals surface area contributed by atoms with Crippen molar-refractivity contribution in [1.29, 1.82) is 0 Å². The summed E-state index contributed by atoms with van der Waals surface area (Å²) in [5.74, 6) is 0.618. The van der Waals surface area contributed by atoms with Crippen molar-refractivity contribution in [2.75, 3.05) is 45.9 Å². The van der Waals surface area contributed by atoms with Crippen LogP contribution >= 0.6 is 0 Å². The highest BCUT2D eigenvalue weighted by atomic mass is 16.5. The SMILES string of the molecule is CC.CCCCOCCN1CCN(Cc2ccc(C(C)C)cc2)CC1. The lowest BCUT2D eigenvalue weighted by atomic mass is 10.0. The molecule has 3 nitrogen and oxygen atoms in total. The van der Waals surface area contributed by atoms with Gasteiger partial charge in [-0.25, -0.2) is 0 Å². The van der Waals surface area contributed by atoms with Gasteiger partial charge in [0, 0.05) is 45.9 Å². The predicted molar refractivity (Wildman–Crippen MR) is 109 cm³/mol. The van der Waals surface area contributed by atoms with Gasteiger partial charge in [-0.2, -0.15) is 0 Å². The number of piperazine rings is 1. The highest BCUT2D eigenvalue weighted by Gasteiger charge is 2.16. The third-order valence-electron chi connectivity index (χ3n) is 4.71. The van der Waals surface area contributed by atoms with Crippen molar-refractivity contribution in [3.8, 4) is 0 Å². The average molecular weight is 349 g/mol. The van der Waals surface area contributed by atoms with Gasteiger partial charge in [0.25, 0.3) is 0 Å². The molecule has 0 radical (unpaired) electrons. The Balaban J connectivity index is 0.00000151. The Bertz CT molecular complexity index is 422. The van der Waals surface area contributed by atoms with Gasteiger partial charge in [-0.1, -0.05) is 65.3 Å². The minimum atomic E-state index is 0.618. The van der Waals surface area contributed by atoms with Crippen LogP contribution in [-0.4, -0.2) is 55.7 Å². The minimum absolute atomic E-state index is 0.618. The largest absolute Gasteiger partial charge is 0.380 e. The lowest BCUT2D eigenvalue weighted by molar-refractivity contribution is 0.0725. The predicted octanol–water partition coefficient (Wildman–Crippen LogP) is 4.77. The number of hydrogen-bond donors (Lipinski definition) is 0. The van der Waals surface area contributed by atoms with E-state index in [1.54, 1.807) is 0 Å². The molecule has 1 fully saturated rings. The Morgan fingerprint density at radius 3 is 2.08 bits per heavy atom. The van der Waals surface area contributed by atoms with Gasteiger partial charge in [-0.15, -0.1) is 0 Å². The molecule has 0 spiro atoms. The molecule has 1 heterocycles. The van der Waals surface area contributed by atoms with E-state index in [2.05, 4.69) is 54.8 Å². The first-order valence-electron chi connectivity index (χ1n) is 10.3. The number of nitrogens with zero attached hydrogens (tertiary/aromatic N) is 2. The molecular weight excluding hydrogens is 308 g/mol. The molecule has 1 aromatic rings. The summed E-state index contributed by atoms with van der Waals surface area (Å²) in [7, 11) is 0. The van der Waals surface area contributed by atoms with Gasteiger partial charge < -0.3 is 4.74 Å². The maximum Gasteiger partial charge on any atom is 0.0593 e. The van der Waals surface area contributed by atoms with Gasteiger partial charge in [0.2, 0.25) is 0 Å². The van der Waals surface area contributed by atoms with Gasteiger partial charge in [0.05, 0.1) is 6.61 Å². The van der Waals surface area contributed by atoms with Crippen LogP contribution in [-0.2, 0) is 11.3 Å². The Hall–Kier alpha value is -0.900. The summed E-state index contributed by atoms with van der Waals surface area (Å²) in [6, 6.07) is 9.15. The number of unbranched alkanes of at least 4 members (excludes halogenated alkanes) is 1. The molecule has 1 aromatic carbocycles. The Kier molecular flexibility index (Phi) is 11.8. The quantitative estimate of drug-likeness (QED) is 0.598. The number of benzene rings is 1. The maximum atomic E-state index is 5.67. The standard InChI is InChI=1S/C20H34N2O.C2H6/c1-4-5-15-23-16-14-21-10-12-22(13-11-21)17-19-6-8-20(9-7-19)18(2)3;1-2/h6-9,18H,4-5,10-17H2,1-3H3;1-2H3. The van der Waals surface area contributed by atoms with Crippen molar-refractivity contribution < 1.29 is 4.74 Å². The molecule has 0 aromatic heterocycles. The Labute approximate surface area is 156 Å². The fourth-order valence-electron chi connectivity index (χ4n) is 2.98. The fraction of sp³-hybridized carbons (Fsp3) is 0.727. The van der Waals surface area contributed by atoms with Crippen LogP contribution in [0.4, 0.5) is 0 Å². The summed E-state index contributed by atoms with van der Waals surface area (Å²) < 4.78 is 5.67. The van der Waals surface area contributed by atoms with Gasteiger partial charge in [-0.3, -0.25) is 9.80 Å². The van der Waals surface area contributed by atoms with Crippen LogP contribution in [0.15, 0.2) is 24.3 Å². The van der Waals surface area contributed by atoms with E-state index in [-0.39, 0.29) is 0 Å². The molecule has 1 aliphatic rings. The van der Waals surface area contributed by atoms with Crippen LogP contribution in [0.5, 0.6) is 0 Å². The van der Waals surface area contributed by atoms with E-state index >= 15 is 0 Å². The van der Waals surface area contributed by atoms with E-state index in [1.807, 2.05) is 13.8 Å². The number of rotatable bonds is 9. The zero-order chi connectivity index (χ0) is 18.5. The monoisotopic (exact) mass is 348 g/mol. The lowest BCUT2D eigenvalue weighted by Gasteiger charge is -2.34. The highest BCUT2D eigenvalue weighted by Crippen LogP contribution is 2.16. The summed E-state index contributed by atoms with van der Waals surface area (Å²) in [6.45, 7) is 19.4. The molecule has 0 N–H and O–H groups in total. The summed E-state index contributed by atoms with van der Waals surface area (Å²) >= 11 is 0. The van der Waals surface area contributed by atoms with Crippen molar-refractivity contribution in [1.82, 2.24) is 9.80 Å².